The van der Waals surface area contributed by atoms with E-state index in [2.05, 4.69) is 20.7 Å². The summed E-state index contributed by atoms with van der Waals surface area (Å²) >= 11 is 9.23. The van der Waals surface area contributed by atoms with Crippen LogP contribution in [-0.4, -0.2) is 15.2 Å². The second kappa shape index (κ2) is 6.08. The van der Waals surface area contributed by atoms with Gasteiger partial charge in [-0.05, 0) is 35.9 Å². The highest BCUT2D eigenvalue weighted by Gasteiger charge is 2.19. The van der Waals surface area contributed by atoms with Crippen LogP contribution in [0.4, 0.5) is 0 Å². The van der Waals surface area contributed by atoms with Crippen molar-refractivity contribution in [2.24, 2.45) is 0 Å². The summed E-state index contributed by atoms with van der Waals surface area (Å²) in [5.41, 5.74) is 0.765. The van der Waals surface area contributed by atoms with Crippen molar-refractivity contribution in [1.82, 2.24) is 4.72 Å². The van der Waals surface area contributed by atoms with Gasteiger partial charge in [0, 0.05) is 11.0 Å². The second-order valence-electron chi connectivity index (χ2n) is 4.59. The quantitative estimate of drug-likeness (QED) is 0.849. The molecule has 0 bridgehead atoms. The molecule has 22 heavy (non-hydrogen) atoms. The van der Waals surface area contributed by atoms with E-state index in [-0.39, 0.29) is 23.3 Å². The van der Waals surface area contributed by atoms with Gasteiger partial charge < -0.3 is 9.47 Å². The minimum Gasteiger partial charge on any atom is -0.454 e. The van der Waals surface area contributed by atoms with Crippen LogP contribution >= 0.6 is 27.5 Å². The van der Waals surface area contributed by atoms with Gasteiger partial charge in [0.25, 0.3) is 0 Å². The highest BCUT2D eigenvalue weighted by atomic mass is 79.9. The molecular formula is C14H11BrClNO4S. The highest BCUT2D eigenvalue weighted by Crippen LogP contribution is 2.32. The van der Waals surface area contributed by atoms with Crippen molar-refractivity contribution in [2.45, 2.75) is 11.4 Å². The average Bonchev–Trinajstić information content (AvgIpc) is 2.92. The Balaban J connectivity index is 1.77. The summed E-state index contributed by atoms with van der Waals surface area (Å²) < 4.78 is 38.3. The molecule has 0 spiro atoms. The number of fused-ring (bicyclic) bond motifs is 1. The number of sulfonamides is 1. The van der Waals surface area contributed by atoms with E-state index in [1.807, 2.05) is 0 Å². The summed E-state index contributed by atoms with van der Waals surface area (Å²) in [6, 6.07) is 9.89. The third-order valence-electron chi connectivity index (χ3n) is 3.09. The van der Waals surface area contributed by atoms with Crippen LogP contribution in [0.25, 0.3) is 0 Å². The molecule has 2 aromatic carbocycles. The molecular weight excluding hydrogens is 394 g/mol. The molecule has 0 aromatic heterocycles. The van der Waals surface area contributed by atoms with E-state index in [1.54, 1.807) is 24.3 Å². The predicted molar refractivity (Wildman–Crippen MR) is 85.7 cm³/mol. The topological polar surface area (TPSA) is 64.6 Å². The van der Waals surface area contributed by atoms with Gasteiger partial charge >= 0.3 is 0 Å². The van der Waals surface area contributed by atoms with E-state index < -0.39 is 10.0 Å². The molecule has 0 saturated carbocycles. The van der Waals surface area contributed by atoms with Crippen LogP contribution in [0.1, 0.15) is 5.56 Å². The molecule has 0 amide bonds. The lowest BCUT2D eigenvalue weighted by atomic mass is 10.2. The SMILES string of the molecule is O=S(=O)(NCc1ccc2c(c1)OCO2)c1ccc(Br)cc1Cl. The Labute approximate surface area is 141 Å². The molecule has 5 nitrogen and oxygen atoms in total. The molecule has 8 heteroatoms. The zero-order valence-electron chi connectivity index (χ0n) is 11.2. The molecule has 1 heterocycles. The molecule has 1 N–H and O–H groups in total. The number of hydrogen-bond donors (Lipinski definition) is 1. The number of hydrogen-bond acceptors (Lipinski definition) is 4. The fourth-order valence-corrected chi connectivity index (χ4v) is 4.05. The highest BCUT2D eigenvalue weighted by molar-refractivity contribution is 9.10. The Bertz CT molecular complexity index is 826. The van der Waals surface area contributed by atoms with Gasteiger partial charge in [0.1, 0.15) is 4.90 Å². The average molecular weight is 405 g/mol. The van der Waals surface area contributed by atoms with Crippen molar-refractivity contribution in [3.05, 3.63) is 51.5 Å². The van der Waals surface area contributed by atoms with Crippen LogP contribution in [0.5, 0.6) is 11.5 Å². The van der Waals surface area contributed by atoms with Gasteiger partial charge in [-0.1, -0.05) is 33.6 Å². The van der Waals surface area contributed by atoms with Gasteiger partial charge in [-0.15, -0.1) is 0 Å². The molecule has 0 fully saturated rings. The number of halogens is 2. The maximum absolute atomic E-state index is 12.3. The molecule has 0 unspecified atom stereocenters. The normalized spacial score (nSPS) is 13.4. The van der Waals surface area contributed by atoms with Gasteiger partial charge in [0.15, 0.2) is 11.5 Å². The summed E-state index contributed by atoms with van der Waals surface area (Å²) in [6.07, 6.45) is 0. The van der Waals surface area contributed by atoms with Crippen molar-refractivity contribution in [3.63, 3.8) is 0 Å². The minimum absolute atomic E-state index is 0.0399. The molecule has 1 aliphatic rings. The third-order valence-corrected chi connectivity index (χ3v) is 5.46. The summed E-state index contributed by atoms with van der Waals surface area (Å²) in [4.78, 5) is 0.0399. The molecule has 116 valence electrons. The van der Waals surface area contributed by atoms with E-state index in [4.69, 9.17) is 21.1 Å². The molecule has 0 saturated heterocycles. The van der Waals surface area contributed by atoms with Crippen molar-refractivity contribution in [3.8, 4) is 11.5 Å². The van der Waals surface area contributed by atoms with E-state index in [0.29, 0.717) is 16.0 Å². The number of benzene rings is 2. The summed E-state index contributed by atoms with van der Waals surface area (Å²) in [5.74, 6) is 1.26. The first kappa shape index (κ1) is 15.6. The fraction of sp³-hybridized carbons (Fsp3) is 0.143. The lowest BCUT2D eigenvalue weighted by Gasteiger charge is -2.09. The number of rotatable bonds is 4. The standard InChI is InChI=1S/C14H11BrClNO4S/c15-10-2-4-14(11(16)6-10)22(18,19)17-7-9-1-3-12-13(5-9)21-8-20-12/h1-6,17H,7-8H2. The first-order valence-electron chi connectivity index (χ1n) is 6.29. The lowest BCUT2D eigenvalue weighted by Crippen LogP contribution is -2.23. The predicted octanol–water partition coefficient (Wildman–Crippen LogP) is 3.31. The molecule has 0 atom stereocenters. The van der Waals surface area contributed by atoms with Crippen LogP contribution in [0.15, 0.2) is 45.8 Å². The van der Waals surface area contributed by atoms with Gasteiger partial charge in [-0.2, -0.15) is 0 Å². The van der Waals surface area contributed by atoms with Gasteiger partial charge in [-0.25, -0.2) is 13.1 Å². The molecule has 0 aliphatic carbocycles. The maximum atomic E-state index is 12.3. The van der Waals surface area contributed by atoms with Crippen molar-refractivity contribution in [2.75, 3.05) is 6.79 Å². The molecule has 3 rings (SSSR count). The van der Waals surface area contributed by atoms with Crippen molar-refractivity contribution in [1.29, 1.82) is 0 Å². The molecule has 1 aliphatic heterocycles. The van der Waals surface area contributed by atoms with Crippen LogP contribution in [-0.2, 0) is 16.6 Å². The maximum Gasteiger partial charge on any atom is 0.242 e. The second-order valence-corrected chi connectivity index (χ2v) is 7.65. The third kappa shape index (κ3) is 3.22. The Morgan fingerprint density at radius 3 is 2.68 bits per heavy atom. The molecule has 2 aromatic rings. The van der Waals surface area contributed by atoms with Gasteiger partial charge in [-0.3, -0.25) is 0 Å². The first-order valence-corrected chi connectivity index (χ1v) is 8.94. The largest absolute Gasteiger partial charge is 0.454 e. The summed E-state index contributed by atoms with van der Waals surface area (Å²) in [6.45, 7) is 0.310. The Hall–Kier alpha value is -1.28. The van der Waals surface area contributed by atoms with E-state index in [9.17, 15) is 8.42 Å². The van der Waals surface area contributed by atoms with Gasteiger partial charge in [0.2, 0.25) is 16.8 Å². The smallest absolute Gasteiger partial charge is 0.242 e. The van der Waals surface area contributed by atoms with Crippen LogP contribution in [0.2, 0.25) is 5.02 Å². The van der Waals surface area contributed by atoms with E-state index >= 15 is 0 Å². The van der Waals surface area contributed by atoms with Crippen LogP contribution < -0.4 is 14.2 Å². The van der Waals surface area contributed by atoms with Crippen LogP contribution in [0.3, 0.4) is 0 Å². The molecule has 0 radical (unpaired) electrons. The zero-order valence-corrected chi connectivity index (χ0v) is 14.3. The fourth-order valence-electron chi connectivity index (χ4n) is 2.00. The Morgan fingerprint density at radius 2 is 1.91 bits per heavy atom. The summed E-state index contributed by atoms with van der Waals surface area (Å²) in [5, 5.41) is 0.160. The first-order chi connectivity index (χ1) is 10.5. The van der Waals surface area contributed by atoms with Gasteiger partial charge in [0.05, 0.1) is 5.02 Å². The minimum atomic E-state index is -3.69. The Morgan fingerprint density at radius 1 is 1.14 bits per heavy atom. The van der Waals surface area contributed by atoms with E-state index in [0.717, 1.165) is 5.56 Å². The number of ether oxygens (including phenoxy) is 2. The zero-order chi connectivity index (χ0) is 15.7. The van der Waals surface area contributed by atoms with Crippen molar-refractivity contribution >= 4 is 37.6 Å². The monoisotopic (exact) mass is 403 g/mol. The van der Waals surface area contributed by atoms with Crippen LogP contribution in [0, 0.1) is 0 Å². The Kier molecular flexibility index (Phi) is 4.31. The number of nitrogens with one attached hydrogen (secondary N) is 1. The van der Waals surface area contributed by atoms with Crippen molar-refractivity contribution < 1.29 is 17.9 Å². The summed E-state index contributed by atoms with van der Waals surface area (Å²) in [7, 11) is -3.69. The van der Waals surface area contributed by atoms with E-state index in [1.165, 1.54) is 12.1 Å². The lowest BCUT2D eigenvalue weighted by molar-refractivity contribution is 0.174.